The molecule has 0 spiro atoms. The van der Waals surface area contributed by atoms with Crippen LogP contribution in [0.2, 0.25) is 0 Å². The van der Waals surface area contributed by atoms with E-state index in [0.29, 0.717) is 5.92 Å². The Bertz CT molecular complexity index is 372. The molecule has 1 unspecified atom stereocenters. The Labute approximate surface area is 115 Å². The van der Waals surface area contributed by atoms with Gasteiger partial charge in [-0.05, 0) is 49.3 Å². The molecule has 106 valence electrons. The zero-order valence-electron chi connectivity index (χ0n) is 11.7. The number of aliphatic hydroxyl groups excluding tert-OH is 1. The number of benzene rings is 1. The Morgan fingerprint density at radius 1 is 1.37 bits per heavy atom. The highest BCUT2D eigenvalue weighted by atomic mass is 16.5. The standard InChI is InChI=1S/C16H24O3/c1-2-8-19-15-5-3-4-14(12-15)16(17)11-13-6-9-18-10-7-13/h3-5,12-13,16-17H,2,6-11H2,1H3. The summed E-state index contributed by atoms with van der Waals surface area (Å²) in [6, 6.07) is 7.83. The van der Waals surface area contributed by atoms with Crippen LogP contribution < -0.4 is 4.74 Å². The summed E-state index contributed by atoms with van der Waals surface area (Å²) in [5, 5.41) is 10.3. The van der Waals surface area contributed by atoms with Crippen molar-refractivity contribution in [2.75, 3.05) is 19.8 Å². The summed E-state index contributed by atoms with van der Waals surface area (Å²) >= 11 is 0. The van der Waals surface area contributed by atoms with Crippen molar-refractivity contribution in [3.8, 4) is 5.75 Å². The molecular weight excluding hydrogens is 240 g/mol. The lowest BCUT2D eigenvalue weighted by Gasteiger charge is -2.24. The number of hydrogen-bond acceptors (Lipinski definition) is 3. The van der Waals surface area contributed by atoms with E-state index in [1.807, 2.05) is 24.3 Å². The van der Waals surface area contributed by atoms with Gasteiger partial charge in [0.25, 0.3) is 0 Å². The van der Waals surface area contributed by atoms with Crippen molar-refractivity contribution < 1.29 is 14.6 Å². The fourth-order valence-corrected chi connectivity index (χ4v) is 2.47. The highest BCUT2D eigenvalue weighted by Gasteiger charge is 2.19. The van der Waals surface area contributed by atoms with Crippen LogP contribution in [0, 0.1) is 5.92 Å². The molecular formula is C16H24O3. The molecule has 1 atom stereocenters. The molecule has 0 aliphatic carbocycles. The first kappa shape index (κ1) is 14.4. The molecule has 2 rings (SSSR count). The van der Waals surface area contributed by atoms with Crippen molar-refractivity contribution in [2.45, 2.75) is 38.7 Å². The van der Waals surface area contributed by atoms with Gasteiger partial charge >= 0.3 is 0 Å². The second kappa shape index (κ2) is 7.51. The lowest BCUT2D eigenvalue weighted by atomic mass is 9.91. The molecule has 1 aromatic rings. The van der Waals surface area contributed by atoms with Gasteiger partial charge in [0, 0.05) is 13.2 Å². The van der Waals surface area contributed by atoms with Crippen molar-refractivity contribution >= 4 is 0 Å². The van der Waals surface area contributed by atoms with E-state index < -0.39 is 6.10 Å². The summed E-state index contributed by atoms with van der Waals surface area (Å²) in [4.78, 5) is 0. The number of rotatable bonds is 6. The summed E-state index contributed by atoms with van der Waals surface area (Å²) in [6.07, 6.45) is 3.54. The van der Waals surface area contributed by atoms with Gasteiger partial charge in [-0.25, -0.2) is 0 Å². The van der Waals surface area contributed by atoms with E-state index in [4.69, 9.17) is 9.47 Å². The topological polar surface area (TPSA) is 38.7 Å². The van der Waals surface area contributed by atoms with E-state index in [1.165, 1.54) is 0 Å². The van der Waals surface area contributed by atoms with Gasteiger partial charge in [-0.3, -0.25) is 0 Å². The Kier molecular flexibility index (Phi) is 5.67. The van der Waals surface area contributed by atoms with Gasteiger partial charge in [0.2, 0.25) is 0 Å². The lowest BCUT2D eigenvalue weighted by molar-refractivity contribution is 0.0434. The van der Waals surface area contributed by atoms with Crippen molar-refractivity contribution in [3.63, 3.8) is 0 Å². The third-order valence-electron chi connectivity index (χ3n) is 3.61. The van der Waals surface area contributed by atoms with E-state index >= 15 is 0 Å². The molecule has 1 N–H and O–H groups in total. The first-order valence-electron chi connectivity index (χ1n) is 7.28. The Morgan fingerprint density at radius 2 is 2.16 bits per heavy atom. The van der Waals surface area contributed by atoms with Crippen LogP contribution >= 0.6 is 0 Å². The Balaban J connectivity index is 1.91. The largest absolute Gasteiger partial charge is 0.494 e. The molecule has 0 amide bonds. The first-order chi connectivity index (χ1) is 9.29. The summed E-state index contributed by atoms with van der Waals surface area (Å²) in [6.45, 7) is 4.47. The van der Waals surface area contributed by atoms with Gasteiger partial charge in [-0.1, -0.05) is 19.1 Å². The quantitative estimate of drug-likeness (QED) is 0.856. The smallest absolute Gasteiger partial charge is 0.119 e. The highest BCUT2D eigenvalue weighted by molar-refractivity contribution is 5.29. The van der Waals surface area contributed by atoms with Crippen molar-refractivity contribution in [1.29, 1.82) is 0 Å². The summed E-state index contributed by atoms with van der Waals surface area (Å²) in [5.74, 6) is 1.43. The molecule has 1 aliphatic rings. The van der Waals surface area contributed by atoms with Crippen LogP contribution in [-0.2, 0) is 4.74 Å². The minimum Gasteiger partial charge on any atom is -0.494 e. The molecule has 3 heteroatoms. The fourth-order valence-electron chi connectivity index (χ4n) is 2.47. The second-order valence-corrected chi connectivity index (χ2v) is 5.23. The zero-order chi connectivity index (χ0) is 13.5. The monoisotopic (exact) mass is 264 g/mol. The minimum atomic E-state index is -0.395. The summed E-state index contributed by atoms with van der Waals surface area (Å²) in [7, 11) is 0. The summed E-state index contributed by atoms with van der Waals surface area (Å²) in [5.41, 5.74) is 0.958. The highest BCUT2D eigenvalue weighted by Crippen LogP contribution is 2.29. The van der Waals surface area contributed by atoms with Crippen molar-refractivity contribution in [2.24, 2.45) is 5.92 Å². The number of ether oxygens (including phenoxy) is 2. The number of aliphatic hydroxyl groups is 1. The average molecular weight is 264 g/mol. The van der Waals surface area contributed by atoms with Crippen LogP contribution in [0.3, 0.4) is 0 Å². The molecule has 19 heavy (non-hydrogen) atoms. The van der Waals surface area contributed by atoms with Crippen LogP contribution in [0.5, 0.6) is 5.75 Å². The van der Waals surface area contributed by atoms with Crippen LogP contribution in [0.15, 0.2) is 24.3 Å². The van der Waals surface area contributed by atoms with Crippen LogP contribution in [0.4, 0.5) is 0 Å². The SMILES string of the molecule is CCCOc1cccc(C(O)CC2CCOCC2)c1. The van der Waals surface area contributed by atoms with Gasteiger partial charge in [0.15, 0.2) is 0 Å². The normalized spacial score (nSPS) is 18.2. The molecule has 0 aromatic heterocycles. The van der Waals surface area contributed by atoms with Gasteiger partial charge < -0.3 is 14.6 Å². The van der Waals surface area contributed by atoms with Crippen LogP contribution in [0.25, 0.3) is 0 Å². The maximum atomic E-state index is 10.3. The molecule has 1 aromatic carbocycles. The van der Waals surface area contributed by atoms with Gasteiger partial charge in [0.1, 0.15) is 5.75 Å². The van der Waals surface area contributed by atoms with Crippen LogP contribution in [-0.4, -0.2) is 24.9 Å². The molecule has 1 fully saturated rings. The average Bonchev–Trinajstić information content (AvgIpc) is 2.46. The third-order valence-corrected chi connectivity index (χ3v) is 3.61. The maximum Gasteiger partial charge on any atom is 0.119 e. The molecule has 1 aliphatic heterocycles. The van der Waals surface area contributed by atoms with E-state index in [0.717, 1.165) is 56.8 Å². The fraction of sp³-hybridized carbons (Fsp3) is 0.625. The molecule has 0 saturated carbocycles. The lowest BCUT2D eigenvalue weighted by Crippen LogP contribution is -2.18. The van der Waals surface area contributed by atoms with Crippen molar-refractivity contribution in [3.05, 3.63) is 29.8 Å². The predicted molar refractivity (Wildman–Crippen MR) is 75.3 cm³/mol. The van der Waals surface area contributed by atoms with Gasteiger partial charge in [-0.15, -0.1) is 0 Å². The first-order valence-corrected chi connectivity index (χ1v) is 7.28. The van der Waals surface area contributed by atoms with Gasteiger partial charge in [-0.2, -0.15) is 0 Å². The third kappa shape index (κ3) is 4.51. The van der Waals surface area contributed by atoms with E-state index in [1.54, 1.807) is 0 Å². The molecule has 1 heterocycles. The Morgan fingerprint density at radius 3 is 2.89 bits per heavy atom. The molecule has 0 radical (unpaired) electrons. The van der Waals surface area contributed by atoms with E-state index in [2.05, 4.69) is 6.92 Å². The van der Waals surface area contributed by atoms with Gasteiger partial charge in [0.05, 0.1) is 12.7 Å². The molecule has 1 saturated heterocycles. The van der Waals surface area contributed by atoms with Crippen LogP contribution in [0.1, 0.15) is 44.3 Å². The van der Waals surface area contributed by atoms with Crippen molar-refractivity contribution in [1.82, 2.24) is 0 Å². The zero-order valence-corrected chi connectivity index (χ0v) is 11.7. The second-order valence-electron chi connectivity index (χ2n) is 5.23. The van der Waals surface area contributed by atoms with E-state index in [-0.39, 0.29) is 0 Å². The Hall–Kier alpha value is -1.06. The summed E-state index contributed by atoms with van der Waals surface area (Å²) < 4.78 is 11.0. The predicted octanol–water partition coefficient (Wildman–Crippen LogP) is 3.33. The minimum absolute atomic E-state index is 0.395. The number of hydrogen-bond donors (Lipinski definition) is 1. The van der Waals surface area contributed by atoms with E-state index in [9.17, 15) is 5.11 Å². The maximum absolute atomic E-state index is 10.3. The molecule has 0 bridgehead atoms. The molecule has 3 nitrogen and oxygen atoms in total.